The molecule has 1 N–H and O–H groups in total. The third-order valence-corrected chi connectivity index (χ3v) is 5.26. The minimum Gasteiger partial charge on any atom is -0.360 e. The van der Waals surface area contributed by atoms with E-state index in [-0.39, 0.29) is 5.91 Å². The van der Waals surface area contributed by atoms with Crippen molar-refractivity contribution in [2.24, 2.45) is 0 Å². The van der Waals surface area contributed by atoms with Gasteiger partial charge in [0.2, 0.25) is 5.91 Å². The molecule has 0 radical (unpaired) electrons. The molecule has 1 aliphatic rings. The van der Waals surface area contributed by atoms with Gasteiger partial charge in [-0.1, -0.05) is 35.5 Å². The van der Waals surface area contributed by atoms with E-state index in [1.165, 1.54) is 6.33 Å². The van der Waals surface area contributed by atoms with Gasteiger partial charge in [0, 0.05) is 43.9 Å². The SMILES string of the molecule is Cc1cc(NC(=O)CN2CCN(c3cc(-c4ccccc4)nc4ncnn34)CC2)no1. The Balaban J connectivity index is 1.28. The van der Waals surface area contributed by atoms with Crippen molar-refractivity contribution in [1.82, 2.24) is 29.6 Å². The molecule has 5 rings (SSSR count). The average Bonchev–Trinajstić information content (AvgIpc) is 3.43. The van der Waals surface area contributed by atoms with Gasteiger partial charge in [-0.05, 0) is 6.92 Å². The third-order valence-electron chi connectivity index (χ3n) is 5.26. The molecule has 1 saturated heterocycles. The minimum absolute atomic E-state index is 0.101. The van der Waals surface area contributed by atoms with Crippen molar-refractivity contribution in [3.63, 3.8) is 0 Å². The van der Waals surface area contributed by atoms with Crippen LogP contribution in [-0.4, -0.2) is 68.3 Å². The van der Waals surface area contributed by atoms with Crippen molar-refractivity contribution in [3.05, 3.63) is 54.6 Å². The van der Waals surface area contributed by atoms with Crippen LogP contribution < -0.4 is 10.2 Å². The Bertz CT molecular complexity index is 1190. The first-order valence-corrected chi connectivity index (χ1v) is 10.1. The summed E-state index contributed by atoms with van der Waals surface area (Å²) in [4.78, 5) is 25.6. The van der Waals surface area contributed by atoms with Gasteiger partial charge in [-0.2, -0.15) is 14.6 Å². The number of carbonyl (C=O) groups is 1. The highest BCUT2D eigenvalue weighted by Crippen LogP contribution is 2.24. The van der Waals surface area contributed by atoms with Crippen molar-refractivity contribution >= 4 is 23.3 Å². The fraction of sp³-hybridized carbons (Fsp3) is 0.286. The van der Waals surface area contributed by atoms with Crippen LogP contribution in [0.15, 0.2) is 53.3 Å². The molecule has 31 heavy (non-hydrogen) atoms. The van der Waals surface area contributed by atoms with E-state index >= 15 is 0 Å². The molecule has 0 spiro atoms. The van der Waals surface area contributed by atoms with E-state index in [4.69, 9.17) is 4.52 Å². The second-order valence-corrected chi connectivity index (χ2v) is 7.47. The Hall–Kier alpha value is -3.79. The van der Waals surface area contributed by atoms with E-state index in [2.05, 4.69) is 35.3 Å². The fourth-order valence-electron chi connectivity index (χ4n) is 3.72. The molecule has 0 unspecified atom stereocenters. The van der Waals surface area contributed by atoms with Crippen LogP contribution in [0.5, 0.6) is 0 Å². The van der Waals surface area contributed by atoms with Crippen LogP contribution in [0.1, 0.15) is 5.76 Å². The van der Waals surface area contributed by atoms with Gasteiger partial charge in [-0.25, -0.2) is 4.98 Å². The Kier molecular flexibility index (Phi) is 5.04. The highest BCUT2D eigenvalue weighted by atomic mass is 16.5. The molecule has 1 amide bonds. The van der Waals surface area contributed by atoms with Crippen LogP contribution in [0, 0.1) is 6.92 Å². The van der Waals surface area contributed by atoms with Gasteiger partial charge >= 0.3 is 0 Å². The number of hydrogen-bond donors (Lipinski definition) is 1. The number of aryl methyl sites for hydroxylation is 1. The number of nitrogens with zero attached hydrogens (tertiary/aromatic N) is 7. The predicted octanol–water partition coefficient (Wildman–Crippen LogP) is 1.85. The quantitative estimate of drug-likeness (QED) is 0.524. The maximum Gasteiger partial charge on any atom is 0.254 e. The molecule has 0 aliphatic carbocycles. The lowest BCUT2D eigenvalue weighted by Gasteiger charge is -2.35. The molecule has 3 aromatic heterocycles. The molecule has 0 saturated carbocycles. The molecule has 0 atom stereocenters. The van der Waals surface area contributed by atoms with Crippen molar-refractivity contribution in [1.29, 1.82) is 0 Å². The zero-order chi connectivity index (χ0) is 21.2. The topological polar surface area (TPSA) is 105 Å². The van der Waals surface area contributed by atoms with E-state index in [1.807, 2.05) is 36.4 Å². The van der Waals surface area contributed by atoms with Crippen LogP contribution in [-0.2, 0) is 4.79 Å². The zero-order valence-corrected chi connectivity index (χ0v) is 17.1. The number of hydrogen-bond acceptors (Lipinski definition) is 8. The summed E-state index contributed by atoms with van der Waals surface area (Å²) in [5, 5.41) is 10.9. The predicted molar refractivity (Wildman–Crippen MR) is 115 cm³/mol. The summed E-state index contributed by atoms with van der Waals surface area (Å²) in [6.07, 6.45) is 1.52. The lowest BCUT2D eigenvalue weighted by atomic mass is 10.1. The van der Waals surface area contributed by atoms with Gasteiger partial charge in [-0.15, -0.1) is 0 Å². The number of benzene rings is 1. The number of fused-ring (bicyclic) bond motifs is 1. The highest BCUT2D eigenvalue weighted by Gasteiger charge is 2.22. The molecule has 4 heterocycles. The summed E-state index contributed by atoms with van der Waals surface area (Å²) in [6.45, 7) is 5.14. The second-order valence-electron chi connectivity index (χ2n) is 7.47. The van der Waals surface area contributed by atoms with Crippen molar-refractivity contribution in [2.45, 2.75) is 6.92 Å². The lowest BCUT2D eigenvalue weighted by Crippen LogP contribution is -2.49. The average molecular weight is 418 g/mol. The van der Waals surface area contributed by atoms with Crippen LogP contribution >= 0.6 is 0 Å². The first-order valence-electron chi connectivity index (χ1n) is 10.1. The first-order chi connectivity index (χ1) is 15.2. The molecule has 1 aromatic carbocycles. The summed E-state index contributed by atoms with van der Waals surface area (Å²) in [5.74, 6) is 2.52. The molecule has 4 aromatic rings. The highest BCUT2D eigenvalue weighted by molar-refractivity contribution is 5.91. The number of nitrogens with one attached hydrogen (secondary N) is 1. The van der Waals surface area contributed by atoms with Gasteiger partial charge in [0.1, 0.15) is 17.9 Å². The van der Waals surface area contributed by atoms with E-state index < -0.39 is 0 Å². The summed E-state index contributed by atoms with van der Waals surface area (Å²) >= 11 is 0. The van der Waals surface area contributed by atoms with Gasteiger partial charge in [0.15, 0.2) is 5.82 Å². The standard InChI is InChI=1S/C21H22N8O2/c1-15-11-18(26-31-15)25-19(30)13-27-7-9-28(10-8-27)20-12-17(16-5-3-2-4-6-16)24-21-22-14-23-29(20)21/h2-6,11-12,14H,7-10,13H2,1H3,(H,25,26,30). The van der Waals surface area contributed by atoms with Crippen LogP contribution in [0.25, 0.3) is 17.0 Å². The lowest BCUT2D eigenvalue weighted by molar-refractivity contribution is -0.117. The van der Waals surface area contributed by atoms with Crippen molar-refractivity contribution in [2.75, 3.05) is 42.9 Å². The minimum atomic E-state index is -0.101. The van der Waals surface area contributed by atoms with Gasteiger partial charge in [0.05, 0.1) is 12.2 Å². The molecular weight excluding hydrogens is 396 g/mol. The zero-order valence-electron chi connectivity index (χ0n) is 17.1. The van der Waals surface area contributed by atoms with Gasteiger partial charge < -0.3 is 14.7 Å². The molecule has 10 heteroatoms. The Morgan fingerprint density at radius 1 is 1.13 bits per heavy atom. The molecule has 1 aliphatic heterocycles. The summed E-state index contributed by atoms with van der Waals surface area (Å²) in [6, 6.07) is 13.8. The molecular formula is C21H22N8O2. The molecule has 0 bridgehead atoms. The third kappa shape index (κ3) is 4.10. The largest absolute Gasteiger partial charge is 0.360 e. The number of piperazine rings is 1. The Labute approximate surface area is 178 Å². The number of carbonyl (C=O) groups excluding carboxylic acids is 1. The fourth-order valence-corrected chi connectivity index (χ4v) is 3.72. The van der Waals surface area contributed by atoms with E-state index in [0.717, 1.165) is 43.3 Å². The molecule has 158 valence electrons. The molecule has 10 nitrogen and oxygen atoms in total. The van der Waals surface area contributed by atoms with Gasteiger partial charge in [0.25, 0.3) is 5.78 Å². The van der Waals surface area contributed by atoms with E-state index in [1.54, 1.807) is 17.5 Å². The summed E-state index contributed by atoms with van der Waals surface area (Å²) < 4.78 is 6.75. The van der Waals surface area contributed by atoms with Crippen LogP contribution in [0.4, 0.5) is 11.6 Å². The van der Waals surface area contributed by atoms with Crippen LogP contribution in [0.2, 0.25) is 0 Å². The normalized spacial score (nSPS) is 14.8. The Morgan fingerprint density at radius 3 is 2.68 bits per heavy atom. The second kappa shape index (κ2) is 8.15. The van der Waals surface area contributed by atoms with Crippen LogP contribution in [0.3, 0.4) is 0 Å². The first kappa shape index (κ1) is 19.2. The number of aromatic nitrogens is 5. The van der Waals surface area contributed by atoms with Gasteiger partial charge in [-0.3, -0.25) is 9.69 Å². The maximum atomic E-state index is 12.3. The molecule has 1 fully saturated rings. The Morgan fingerprint density at radius 2 is 1.94 bits per heavy atom. The summed E-state index contributed by atoms with van der Waals surface area (Å²) in [5.41, 5.74) is 1.90. The van der Waals surface area contributed by atoms with Crippen molar-refractivity contribution in [3.8, 4) is 11.3 Å². The smallest absolute Gasteiger partial charge is 0.254 e. The monoisotopic (exact) mass is 418 g/mol. The van der Waals surface area contributed by atoms with Crippen molar-refractivity contribution < 1.29 is 9.32 Å². The summed E-state index contributed by atoms with van der Waals surface area (Å²) in [7, 11) is 0. The number of amides is 1. The number of anilines is 2. The van der Waals surface area contributed by atoms with E-state index in [9.17, 15) is 4.79 Å². The maximum absolute atomic E-state index is 12.3. The van der Waals surface area contributed by atoms with E-state index in [0.29, 0.717) is 23.9 Å². The number of rotatable bonds is 5.